The molecule has 38 heavy (non-hydrogen) atoms. The van der Waals surface area contributed by atoms with E-state index in [1.807, 2.05) is 0 Å². The van der Waals surface area contributed by atoms with Gasteiger partial charge < -0.3 is 10.2 Å². The molecular weight excluding hydrogens is 472 g/mol. The number of unbranched alkanes of at least 4 members (excludes halogenated alkanes) is 16. The van der Waals surface area contributed by atoms with Gasteiger partial charge in [-0.2, -0.15) is 0 Å². The van der Waals surface area contributed by atoms with Crippen LogP contribution in [0.25, 0.3) is 0 Å². The van der Waals surface area contributed by atoms with Crippen molar-refractivity contribution in [2.45, 2.75) is 167 Å². The number of benzene rings is 1. The molecule has 0 spiro atoms. The third-order valence-corrected chi connectivity index (χ3v) is 8.34. The average molecular weight is 531 g/mol. The van der Waals surface area contributed by atoms with Crippen molar-refractivity contribution in [1.29, 1.82) is 0 Å². The van der Waals surface area contributed by atoms with Crippen LogP contribution in [-0.4, -0.2) is 22.2 Å². The number of aromatic carboxylic acids is 2. The SMILES string of the molecule is CCCCCCCCCC(CCCCCCCC)(CCCCCCCC)c1cc(C(=O)O)ccc1C(=O)O. The molecule has 0 unspecified atom stereocenters. The minimum Gasteiger partial charge on any atom is -0.478 e. The van der Waals surface area contributed by atoms with E-state index in [-0.39, 0.29) is 11.0 Å². The van der Waals surface area contributed by atoms with Crippen molar-refractivity contribution in [1.82, 2.24) is 0 Å². The number of hydrogen-bond acceptors (Lipinski definition) is 2. The molecule has 1 aromatic carbocycles. The summed E-state index contributed by atoms with van der Waals surface area (Å²) in [7, 11) is 0. The Morgan fingerprint density at radius 1 is 0.553 bits per heavy atom. The molecule has 0 aliphatic rings. The van der Waals surface area contributed by atoms with Crippen LogP contribution >= 0.6 is 0 Å². The van der Waals surface area contributed by atoms with Crippen LogP contribution in [0.4, 0.5) is 0 Å². The van der Waals surface area contributed by atoms with Crippen molar-refractivity contribution in [2.24, 2.45) is 0 Å². The Bertz CT molecular complexity index is 754. The Morgan fingerprint density at radius 2 is 0.921 bits per heavy atom. The minimum atomic E-state index is -0.979. The van der Waals surface area contributed by atoms with Gasteiger partial charge in [-0.15, -0.1) is 0 Å². The van der Waals surface area contributed by atoms with Crippen LogP contribution < -0.4 is 0 Å². The van der Waals surface area contributed by atoms with Gasteiger partial charge in [-0.25, -0.2) is 9.59 Å². The summed E-state index contributed by atoms with van der Waals surface area (Å²) in [6, 6.07) is 4.72. The fraction of sp³-hybridized carbons (Fsp3) is 0.765. The number of carboxylic acids is 2. The van der Waals surface area contributed by atoms with Gasteiger partial charge >= 0.3 is 11.9 Å². The zero-order chi connectivity index (χ0) is 28.1. The molecule has 0 atom stereocenters. The maximum absolute atomic E-state index is 12.4. The second-order valence-corrected chi connectivity index (χ2v) is 11.6. The third-order valence-electron chi connectivity index (χ3n) is 8.34. The van der Waals surface area contributed by atoms with Gasteiger partial charge in [0.1, 0.15) is 0 Å². The van der Waals surface area contributed by atoms with Crippen molar-refractivity contribution in [3.05, 3.63) is 34.9 Å². The summed E-state index contributed by atoms with van der Waals surface area (Å²) < 4.78 is 0. The van der Waals surface area contributed by atoms with E-state index in [9.17, 15) is 19.8 Å². The predicted octanol–water partition coefficient (Wildman–Crippen LogP) is 11.0. The summed E-state index contributed by atoms with van der Waals surface area (Å²) in [4.78, 5) is 24.3. The van der Waals surface area contributed by atoms with Crippen molar-refractivity contribution < 1.29 is 19.8 Å². The molecule has 2 N–H and O–H groups in total. The highest BCUT2D eigenvalue weighted by Crippen LogP contribution is 2.43. The van der Waals surface area contributed by atoms with Gasteiger partial charge in [0, 0.05) is 0 Å². The van der Waals surface area contributed by atoms with Crippen molar-refractivity contribution >= 4 is 11.9 Å². The third kappa shape index (κ3) is 13.3. The van der Waals surface area contributed by atoms with Crippen LogP contribution in [-0.2, 0) is 5.41 Å². The Labute approximate surface area is 234 Å². The molecule has 4 heteroatoms. The molecule has 0 saturated carbocycles. The summed E-state index contributed by atoms with van der Waals surface area (Å²) in [6.45, 7) is 6.71. The number of hydrogen-bond donors (Lipinski definition) is 2. The van der Waals surface area contributed by atoms with Gasteiger partial charge in [-0.05, 0) is 48.4 Å². The average Bonchev–Trinajstić information content (AvgIpc) is 2.91. The Hall–Kier alpha value is -1.84. The molecule has 0 radical (unpaired) electrons. The lowest BCUT2D eigenvalue weighted by Crippen LogP contribution is -2.29. The molecule has 4 nitrogen and oxygen atoms in total. The zero-order valence-electron chi connectivity index (χ0n) is 25.0. The first kappa shape index (κ1) is 34.2. The topological polar surface area (TPSA) is 74.6 Å². The van der Waals surface area contributed by atoms with Crippen LogP contribution in [0.1, 0.15) is 188 Å². The number of rotatable bonds is 25. The van der Waals surface area contributed by atoms with E-state index < -0.39 is 11.9 Å². The van der Waals surface area contributed by atoms with Gasteiger partial charge in [-0.3, -0.25) is 0 Å². The zero-order valence-corrected chi connectivity index (χ0v) is 25.0. The molecule has 1 aromatic rings. The fourth-order valence-electron chi connectivity index (χ4n) is 5.99. The monoisotopic (exact) mass is 530 g/mol. The Kier molecular flexibility index (Phi) is 18.9. The lowest BCUT2D eigenvalue weighted by atomic mass is 9.67. The van der Waals surface area contributed by atoms with Gasteiger partial charge in [0.05, 0.1) is 11.1 Å². The summed E-state index contributed by atoms with van der Waals surface area (Å²) in [5, 5.41) is 19.9. The van der Waals surface area contributed by atoms with E-state index >= 15 is 0 Å². The van der Waals surface area contributed by atoms with E-state index in [1.165, 1.54) is 96.0 Å². The highest BCUT2D eigenvalue weighted by atomic mass is 16.4. The lowest BCUT2D eigenvalue weighted by molar-refractivity contribution is 0.0677. The molecule has 0 saturated heterocycles. The molecule has 0 aromatic heterocycles. The molecule has 0 bridgehead atoms. The highest BCUT2D eigenvalue weighted by Gasteiger charge is 2.35. The summed E-state index contributed by atoms with van der Waals surface area (Å²) in [5.74, 6) is -1.92. The first-order valence-electron chi connectivity index (χ1n) is 16.0. The lowest BCUT2D eigenvalue weighted by Gasteiger charge is -2.37. The molecule has 0 amide bonds. The van der Waals surface area contributed by atoms with Crippen molar-refractivity contribution in [2.75, 3.05) is 0 Å². The normalized spacial score (nSPS) is 11.7. The second kappa shape index (κ2) is 21.0. The molecule has 1 rings (SSSR count). The summed E-state index contributed by atoms with van der Waals surface area (Å²) in [6.07, 6.45) is 25.9. The van der Waals surface area contributed by atoms with Crippen LogP contribution in [0.5, 0.6) is 0 Å². The molecule has 0 aliphatic heterocycles. The van der Waals surface area contributed by atoms with Gasteiger partial charge in [0.2, 0.25) is 0 Å². The first-order valence-corrected chi connectivity index (χ1v) is 16.0. The maximum Gasteiger partial charge on any atom is 0.335 e. The summed E-state index contributed by atoms with van der Waals surface area (Å²) >= 11 is 0. The van der Waals surface area contributed by atoms with E-state index in [2.05, 4.69) is 20.8 Å². The van der Waals surface area contributed by atoms with Crippen molar-refractivity contribution in [3.63, 3.8) is 0 Å². The van der Waals surface area contributed by atoms with E-state index in [0.717, 1.165) is 56.9 Å². The number of carboxylic acid groups (broad SMARTS) is 2. The Balaban J connectivity index is 3.22. The van der Waals surface area contributed by atoms with Crippen molar-refractivity contribution in [3.8, 4) is 0 Å². The van der Waals surface area contributed by atoms with Crippen LogP contribution in [0, 0.1) is 0 Å². The van der Waals surface area contributed by atoms with E-state index in [1.54, 1.807) is 12.1 Å². The molecular formula is C34H58O4. The van der Waals surface area contributed by atoms with Gasteiger partial charge in [0.25, 0.3) is 0 Å². The Morgan fingerprint density at radius 3 is 1.26 bits per heavy atom. The van der Waals surface area contributed by atoms with Gasteiger partial charge in [-0.1, -0.05) is 143 Å². The molecule has 0 heterocycles. The van der Waals surface area contributed by atoms with Crippen LogP contribution in [0.15, 0.2) is 18.2 Å². The maximum atomic E-state index is 12.4. The highest BCUT2D eigenvalue weighted by molar-refractivity contribution is 5.93. The minimum absolute atomic E-state index is 0.208. The van der Waals surface area contributed by atoms with E-state index in [4.69, 9.17) is 0 Å². The predicted molar refractivity (Wildman–Crippen MR) is 161 cm³/mol. The van der Waals surface area contributed by atoms with E-state index in [0.29, 0.717) is 5.56 Å². The van der Waals surface area contributed by atoms with Gasteiger partial charge in [0.15, 0.2) is 0 Å². The first-order chi connectivity index (χ1) is 18.4. The fourth-order valence-corrected chi connectivity index (χ4v) is 5.99. The smallest absolute Gasteiger partial charge is 0.335 e. The molecule has 0 aliphatic carbocycles. The second-order valence-electron chi connectivity index (χ2n) is 11.6. The van der Waals surface area contributed by atoms with Crippen LogP contribution in [0.3, 0.4) is 0 Å². The summed E-state index contributed by atoms with van der Waals surface area (Å²) in [5.41, 5.74) is 1.02. The van der Waals surface area contributed by atoms with Crippen LogP contribution in [0.2, 0.25) is 0 Å². The quantitative estimate of drug-likeness (QED) is 0.123. The standard InChI is InChI=1S/C34H58O4/c1-4-7-10-13-16-19-22-27-34(25-20-17-14-11-8-5-2,26-21-18-15-12-9-6-3)31-28-29(32(35)36)23-24-30(31)33(37)38/h23-24,28H,4-22,25-27H2,1-3H3,(H,35,36)(H,37,38). The molecule has 0 fully saturated rings. The molecule has 218 valence electrons. The number of carbonyl (C=O) groups is 2. The largest absolute Gasteiger partial charge is 0.478 e.